The lowest BCUT2D eigenvalue weighted by molar-refractivity contribution is 0.0947. The van der Waals surface area contributed by atoms with Crippen molar-refractivity contribution in [2.45, 2.75) is 32.4 Å². The van der Waals surface area contributed by atoms with Gasteiger partial charge in [0.15, 0.2) is 5.13 Å². The first kappa shape index (κ1) is 16.7. The minimum Gasteiger partial charge on any atom is -0.395 e. The van der Waals surface area contributed by atoms with Crippen LogP contribution in [-0.2, 0) is 6.54 Å². The molecule has 0 spiro atoms. The molecule has 21 heavy (non-hydrogen) atoms. The van der Waals surface area contributed by atoms with Crippen LogP contribution in [0.3, 0.4) is 0 Å². The Balaban J connectivity index is 2.05. The molecule has 1 N–H and O–H groups in total. The van der Waals surface area contributed by atoms with Gasteiger partial charge >= 0.3 is 0 Å². The van der Waals surface area contributed by atoms with Gasteiger partial charge in [-0.15, -0.1) is 11.3 Å². The highest BCUT2D eigenvalue weighted by Crippen LogP contribution is 2.27. The van der Waals surface area contributed by atoms with Crippen molar-refractivity contribution in [2.24, 2.45) is 0 Å². The molecule has 1 aliphatic heterocycles. The van der Waals surface area contributed by atoms with Crippen LogP contribution in [0.25, 0.3) is 0 Å². The standard InChI is InChI=1S/C15H28N4OS/c1-12-14(21-15(16-12)17(2)3)11-19(9-10-20)13-5-7-18(4)8-6-13/h13,20H,5-11H2,1-4H3. The smallest absolute Gasteiger partial charge is 0.185 e. The summed E-state index contributed by atoms with van der Waals surface area (Å²) in [7, 11) is 6.25. The van der Waals surface area contributed by atoms with Gasteiger partial charge in [0.2, 0.25) is 0 Å². The number of thiazole rings is 1. The third-order valence-corrected chi connectivity index (χ3v) is 5.51. The Morgan fingerprint density at radius 2 is 2.00 bits per heavy atom. The number of nitrogens with zero attached hydrogens (tertiary/aromatic N) is 4. The molecule has 0 bridgehead atoms. The van der Waals surface area contributed by atoms with E-state index >= 15 is 0 Å². The van der Waals surface area contributed by atoms with Crippen LogP contribution in [0.1, 0.15) is 23.4 Å². The Hall–Kier alpha value is -0.690. The lowest BCUT2D eigenvalue weighted by Crippen LogP contribution is -2.44. The highest BCUT2D eigenvalue weighted by atomic mass is 32.1. The molecule has 1 saturated heterocycles. The average molecular weight is 312 g/mol. The molecule has 2 rings (SSSR count). The summed E-state index contributed by atoms with van der Waals surface area (Å²) in [6.45, 7) is 6.28. The summed E-state index contributed by atoms with van der Waals surface area (Å²) in [6.07, 6.45) is 2.38. The molecular formula is C15H28N4OS. The molecule has 0 unspecified atom stereocenters. The molecule has 0 aromatic carbocycles. The van der Waals surface area contributed by atoms with Crippen molar-refractivity contribution in [1.29, 1.82) is 0 Å². The number of hydrogen-bond donors (Lipinski definition) is 1. The first-order chi connectivity index (χ1) is 10.0. The second-order valence-electron chi connectivity index (χ2n) is 6.13. The van der Waals surface area contributed by atoms with Crippen molar-refractivity contribution >= 4 is 16.5 Å². The lowest BCUT2D eigenvalue weighted by Gasteiger charge is -2.36. The number of aryl methyl sites for hydroxylation is 1. The minimum absolute atomic E-state index is 0.227. The van der Waals surface area contributed by atoms with E-state index in [1.54, 1.807) is 11.3 Å². The Labute approximate surface area is 132 Å². The predicted molar refractivity (Wildman–Crippen MR) is 89.2 cm³/mol. The van der Waals surface area contributed by atoms with E-state index in [1.165, 1.54) is 17.7 Å². The van der Waals surface area contributed by atoms with E-state index in [9.17, 15) is 5.11 Å². The van der Waals surface area contributed by atoms with Gasteiger partial charge in [0.25, 0.3) is 0 Å². The fourth-order valence-corrected chi connectivity index (χ4v) is 3.82. The highest BCUT2D eigenvalue weighted by Gasteiger charge is 2.24. The SMILES string of the molecule is Cc1nc(N(C)C)sc1CN(CCO)C1CCN(C)CC1. The third-order valence-electron chi connectivity index (χ3n) is 4.20. The molecular weight excluding hydrogens is 284 g/mol. The van der Waals surface area contributed by atoms with Crippen LogP contribution in [0.15, 0.2) is 0 Å². The Morgan fingerprint density at radius 1 is 1.33 bits per heavy atom. The molecule has 1 fully saturated rings. The number of rotatable bonds is 6. The topological polar surface area (TPSA) is 42.8 Å². The van der Waals surface area contributed by atoms with Gasteiger partial charge in [-0.25, -0.2) is 4.98 Å². The molecule has 5 nitrogen and oxygen atoms in total. The fourth-order valence-electron chi connectivity index (χ4n) is 2.81. The minimum atomic E-state index is 0.227. The van der Waals surface area contributed by atoms with E-state index in [-0.39, 0.29) is 6.61 Å². The van der Waals surface area contributed by atoms with Crippen LogP contribution in [0.4, 0.5) is 5.13 Å². The van der Waals surface area contributed by atoms with Gasteiger partial charge < -0.3 is 14.9 Å². The van der Waals surface area contributed by atoms with Crippen molar-refractivity contribution < 1.29 is 5.11 Å². The van der Waals surface area contributed by atoms with Crippen molar-refractivity contribution in [1.82, 2.24) is 14.8 Å². The van der Waals surface area contributed by atoms with Crippen molar-refractivity contribution in [3.63, 3.8) is 0 Å². The second-order valence-corrected chi connectivity index (χ2v) is 7.19. The van der Waals surface area contributed by atoms with Crippen LogP contribution in [0.2, 0.25) is 0 Å². The predicted octanol–water partition coefficient (Wildman–Crippen LogP) is 1.41. The first-order valence-electron chi connectivity index (χ1n) is 7.68. The zero-order valence-electron chi connectivity index (χ0n) is 13.7. The molecule has 6 heteroatoms. The van der Waals surface area contributed by atoms with E-state index in [4.69, 9.17) is 0 Å². The number of aliphatic hydroxyl groups excluding tert-OH is 1. The van der Waals surface area contributed by atoms with Gasteiger partial charge in [-0.05, 0) is 39.9 Å². The van der Waals surface area contributed by atoms with Crippen LogP contribution in [0.5, 0.6) is 0 Å². The molecule has 0 radical (unpaired) electrons. The first-order valence-corrected chi connectivity index (χ1v) is 8.50. The summed E-state index contributed by atoms with van der Waals surface area (Å²) in [5, 5.41) is 10.5. The normalized spacial score (nSPS) is 17.6. The maximum Gasteiger partial charge on any atom is 0.185 e. The maximum atomic E-state index is 9.39. The second kappa shape index (κ2) is 7.54. The Morgan fingerprint density at radius 3 is 2.52 bits per heavy atom. The van der Waals surface area contributed by atoms with E-state index in [1.807, 2.05) is 14.1 Å². The number of hydrogen-bond acceptors (Lipinski definition) is 6. The fraction of sp³-hybridized carbons (Fsp3) is 0.800. The van der Waals surface area contributed by atoms with Crippen molar-refractivity contribution in [3.8, 4) is 0 Å². The van der Waals surface area contributed by atoms with Gasteiger partial charge in [-0.1, -0.05) is 0 Å². The van der Waals surface area contributed by atoms with E-state index < -0.39 is 0 Å². The summed E-state index contributed by atoms with van der Waals surface area (Å²) < 4.78 is 0. The van der Waals surface area contributed by atoms with E-state index in [2.05, 4.69) is 33.7 Å². The maximum absolute atomic E-state index is 9.39. The summed E-state index contributed by atoms with van der Waals surface area (Å²) in [5.74, 6) is 0. The Kier molecular flexibility index (Phi) is 5.98. The summed E-state index contributed by atoms with van der Waals surface area (Å²) >= 11 is 1.77. The lowest BCUT2D eigenvalue weighted by atomic mass is 10.0. The van der Waals surface area contributed by atoms with Gasteiger partial charge in [-0.2, -0.15) is 0 Å². The number of piperidine rings is 1. The van der Waals surface area contributed by atoms with Crippen LogP contribution in [0, 0.1) is 6.92 Å². The molecule has 1 aromatic rings. The number of aromatic nitrogens is 1. The average Bonchev–Trinajstić information content (AvgIpc) is 2.81. The van der Waals surface area contributed by atoms with Crippen molar-refractivity contribution in [3.05, 3.63) is 10.6 Å². The number of aliphatic hydroxyl groups is 1. The summed E-state index contributed by atoms with van der Waals surface area (Å²) in [4.78, 5) is 12.8. The zero-order chi connectivity index (χ0) is 15.4. The van der Waals surface area contributed by atoms with E-state index in [0.717, 1.165) is 37.0 Å². The largest absolute Gasteiger partial charge is 0.395 e. The third kappa shape index (κ3) is 4.39. The van der Waals surface area contributed by atoms with E-state index in [0.29, 0.717) is 6.04 Å². The molecule has 0 atom stereocenters. The molecule has 0 amide bonds. The monoisotopic (exact) mass is 312 g/mol. The summed E-state index contributed by atoms with van der Waals surface area (Å²) in [5.41, 5.74) is 1.12. The van der Waals surface area contributed by atoms with Gasteiger partial charge in [0.05, 0.1) is 12.3 Å². The molecule has 0 aliphatic carbocycles. The molecule has 0 saturated carbocycles. The Bertz CT molecular complexity index is 441. The number of likely N-dealkylation sites (tertiary alicyclic amines) is 1. The van der Waals surface area contributed by atoms with Gasteiger partial charge in [0.1, 0.15) is 0 Å². The highest BCUT2D eigenvalue weighted by molar-refractivity contribution is 7.15. The van der Waals surface area contributed by atoms with Crippen molar-refractivity contribution in [2.75, 3.05) is 52.3 Å². The molecule has 1 aliphatic rings. The van der Waals surface area contributed by atoms with Crippen LogP contribution >= 0.6 is 11.3 Å². The quantitative estimate of drug-likeness (QED) is 0.860. The number of anilines is 1. The molecule has 1 aromatic heterocycles. The van der Waals surface area contributed by atoms with Gasteiger partial charge in [-0.3, -0.25) is 4.90 Å². The van der Waals surface area contributed by atoms with Crippen LogP contribution in [-0.4, -0.2) is 73.3 Å². The van der Waals surface area contributed by atoms with Crippen LogP contribution < -0.4 is 4.90 Å². The van der Waals surface area contributed by atoms with Gasteiger partial charge in [0, 0.05) is 38.1 Å². The molecule has 120 valence electrons. The zero-order valence-corrected chi connectivity index (χ0v) is 14.5. The summed E-state index contributed by atoms with van der Waals surface area (Å²) in [6, 6.07) is 0.581. The molecule has 2 heterocycles.